The Morgan fingerprint density at radius 2 is 1.90 bits per heavy atom. The highest BCUT2D eigenvalue weighted by molar-refractivity contribution is 9.10. The van der Waals surface area contributed by atoms with Crippen molar-refractivity contribution in [3.8, 4) is 0 Å². The lowest BCUT2D eigenvalue weighted by molar-refractivity contribution is -0.146. The summed E-state index contributed by atoms with van der Waals surface area (Å²) in [7, 11) is 0. The number of nitrogens with one attached hydrogen (secondary N) is 1. The van der Waals surface area contributed by atoms with Crippen LogP contribution in [0.25, 0.3) is 0 Å². The van der Waals surface area contributed by atoms with Gasteiger partial charge in [0, 0.05) is 4.47 Å². The Balaban J connectivity index is 2.14. The molecule has 4 nitrogen and oxygen atoms in total. The first kappa shape index (κ1) is 14.7. The number of allylic oxidation sites excluding steroid dienone is 2. The van der Waals surface area contributed by atoms with Crippen molar-refractivity contribution in [3.05, 3.63) is 40.6 Å². The van der Waals surface area contributed by atoms with Gasteiger partial charge >= 0.3 is 5.97 Å². The summed E-state index contributed by atoms with van der Waals surface area (Å²) in [5.41, 5.74) is 0.0527. The molecule has 1 amide bonds. The average molecular weight is 342 g/mol. The van der Waals surface area contributed by atoms with E-state index in [1.54, 1.807) is 18.2 Å². The molecule has 1 aliphatic carbocycles. The molecule has 6 heteroatoms. The van der Waals surface area contributed by atoms with Gasteiger partial charge in [0.05, 0.1) is 17.5 Å². The van der Waals surface area contributed by atoms with Crippen molar-refractivity contribution in [2.45, 2.75) is 12.8 Å². The topological polar surface area (TPSA) is 66.4 Å². The molecular formula is C14H13BrFNO3. The van der Waals surface area contributed by atoms with Gasteiger partial charge in [0.15, 0.2) is 0 Å². The molecule has 2 rings (SSSR count). The van der Waals surface area contributed by atoms with Crippen molar-refractivity contribution < 1.29 is 19.1 Å². The van der Waals surface area contributed by atoms with E-state index in [2.05, 4.69) is 21.2 Å². The van der Waals surface area contributed by atoms with Crippen LogP contribution in [0.4, 0.5) is 10.1 Å². The molecule has 106 valence electrons. The Bertz CT molecular complexity index is 574. The van der Waals surface area contributed by atoms with Gasteiger partial charge in [-0.15, -0.1) is 0 Å². The van der Waals surface area contributed by atoms with Crippen LogP contribution in [0.5, 0.6) is 0 Å². The van der Waals surface area contributed by atoms with Gasteiger partial charge in [-0.1, -0.05) is 28.1 Å². The van der Waals surface area contributed by atoms with E-state index in [1.165, 1.54) is 12.1 Å². The minimum atomic E-state index is -1.01. The summed E-state index contributed by atoms with van der Waals surface area (Å²) in [5.74, 6) is -3.49. The molecule has 0 saturated heterocycles. The average Bonchev–Trinajstić information content (AvgIpc) is 2.41. The lowest BCUT2D eigenvalue weighted by Gasteiger charge is -2.24. The lowest BCUT2D eigenvalue weighted by atomic mass is 9.82. The Morgan fingerprint density at radius 3 is 2.50 bits per heavy atom. The van der Waals surface area contributed by atoms with Gasteiger partial charge in [-0.3, -0.25) is 9.59 Å². The lowest BCUT2D eigenvalue weighted by Crippen LogP contribution is -2.34. The first-order chi connectivity index (χ1) is 9.49. The van der Waals surface area contributed by atoms with Crippen molar-refractivity contribution in [1.82, 2.24) is 0 Å². The van der Waals surface area contributed by atoms with Crippen LogP contribution in [-0.4, -0.2) is 17.0 Å². The molecule has 2 unspecified atom stereocenters. The molecule has 0 fully saturated rings. The van der Waals surface area contributed by atoms with Gasteiger partial charge in [0.25, 0.3) is 0 Å². The zero-order valence-electron chi connectivity index (χ0n) is 10.5. The van der Waals surface area contributed by atoms with Gasteiger partial charge in [-0.25, -0.2) is 4.39 Å². The van der Waals surface area contributed by atoms with Crippen LogP contribution in [0.2, 0.25) is 0 Å². The number of carbonyl (C=O) groups excluding carboxylic acids is 1. The molecule has 1 aliphatic rings. The number of aliphatic carboxylic acids is 1. The number of carboxylic acid groups (broad SMARTS) is 1. The van der Waals surface area contributed by atoms with Gasteiger partial charge in [0.2, 0.25) is 5.91 Å². The van der Waals surface area contributed by atoms with E-state index in [0.717, 1.165) is 0 Å². The molecule has 0 aliphatic heterocycles. The van der Waals surface area contributed by atoms with Crippen LogP contribution in [0, 0.1) is 17.7 Å². The third-order valence-electron chi connectivity index (χ3n) is 3.28. The van der Waals surface area contributed by atoms with Crippen LogP contribution in [0.3, 0.4) is 0 Å². The Kier molecular flexibility index (Phi) is 4.54. The van der Waals surface area contributed by atoms with Crippen LogP contribution in [0.1, 0.15) is 12.8 Å². The predicted octanol–water partition coefficient (Wildman–Crippen LogP) is 3.19. The summed E-state index contributed by atoms with van der Waals surface area (Å²) in [6.45, 7) is 0. The minimum Gasteiger partial charge on any atom is -0.481 e. The van der Waals surface area contributed by atoms with Crippen LogP contribution in [0.15, 0.2) is 34.8 Å². The third-order valence-corrected chi connectivity index (χ3v) is 3.77. The molecule has 0 heterocycles. The highest BCUT2D eigenvalue weighted by atomic mass is 79.9. The minimum absolute atomic E-state index is 0.0527. The monoisotopic (exact) mass is 341 g/mol. The van der Waals surface area contributed by atoms with Crippen molar-refractivity contribution >= 4 is 33.5 Å². The molecule has 0 bridgehead atoms. The summed E-state index contributed by atoms with van der Waals surface area (Å²) in [6.07, 6.45) is 4.20. The van der Waals surface area contributed by atoms with E-state index in [1.807, 2.05) is 0 Å². The predicted molar refractivity (Wildman–Crippen MR) is 75.7 cm³/mol. The number of carbonyl (C=O) groups is 2. The molecule has 0 radical (unpaired) electrons. The molecule has 2 N–H and O–H groups in total. The van der Waals surface area contributed by atoms with Gasteiger partial charge in [0.1, 0.15) is 5.82 Å². The zero-order valence-corrected chi connectivity index (χ0v) is 12.1. The van der Waals surface area contributed by atoms with E-state index in [0.29, 0.717) is 17.3 Å². The van der Waals surface area contributed by atoms with Crippen LogP contribution >= 0.6 is 15.9 Å². The normalized spacial score (nSPS) is 21.5. The summed E-state index contributed by atoms with van der Waals surface area (Å²) < 4.78 is 14.2. The fraction of sp³-hybridized carbons (Fsp3) is 0.286. The molecule has 1 aromatic rings. The summed E-state index contributed by atoms with van der Waals surface area (Å²) in [5, 5.41) is 11.6. The fourth-order valence-corrected chi connectivity index (χ4v) is 2.53. The second-order valence-corrected chi connectivity index (χ2v) is 5.52. The largest absolute Gasteiger partial charge is 0.481 e. The number of halogens is 2. The Hall–Kier alpha value is -1.69. The number of hydrogen-bond donors (Lipinski definition) is 2. The Morgan fingerprint density at radius 1 is 1.25 bits per heavy atom. The molecule has 2 atom stereocenters. The number of carboxylic acids is 1. The van der Waals surface area contributed by atoms with E-state index in [4.69, 9.17) is 5.11 Å². The SMILES string of the molecule is O=C(O)C1CC=CCC1C(=O)Nc1ccc(Br)cc1F. The first-order valence-electron chi connectivity index (χ1n) is 6.12. The summed E-state index contributed by atoms with van der Waals surface area (Å²) in [6, 6.07) is 4.28. The van der Waals surface area contributed by atoms with Crippen molar-refractivity contribution in [2.24, 2.45) is 11.8 Å². The number of amides is 1. The maximum atomic E-state index is 13.7. The number of hydrogen-bond acceptors (Lipinski definition) is 2. The quantitative estimate of drug-likeness (QED) is 0.829. The second-order valence-electron chi connectivity index (χ2n) is 4.61. The summed E-state index contributed by atoms with van der Waals surface area (Å²) >= 11 is 3.13. The van der Waals surface area contributed by atoms with E-state index < -0.39 is 29.5 Å². The van der Waals surface area contributed by atoms with Crippen molar-refractivity contribution in [2.75, 3.05) is 5.32 Å². The van der Waals surface area contributed by atoms with Gasteiger partial charge < -0.3 is 10.4 Å². The maximum Gasteiger partial charge on any atom is 0.307 e. The molecule has 20 heavy (non-hydrogen) atoms. The van der Waals surface area contributed by atoms with Gasteiger partial charge in [-0.05, 0) is 31.0 Å². The van der Waals surface area contributed by atoms with E-state index in [-0.39, 0.29) is 5.69 Å². The molecule has 0 aromatic heterocycles. The maximum absolute atomic E-state index is 13.7. The molecular weight excluding hydrogens is 329 g/mol. The second kappa shape index (κ2) is 6.17. The number of anilines is 1. The molecule has 0 spiro atoms. The Labute approximate surface area is 123 Å². The van der Waals surface area contributed by atoms with Gasteiger partial charge in [-0.2, -0.15) is 0 Å². The standard InChI is InChI=1S/C14H13BrFNO3/c15-8-5-6-12(11(16)7-8)17-13(18)9-3-1-2-4-10(9)14(19)20/h1-2,5-7,9-10H,3-4H2,(H,17,18)(H,19,20). The highest BCUT2D eigenvalue weighted by Crippen LogP contribution is 2.28. The third kappa shape index (κ3) is 3.25. The highest BCUT2D eigenvalue weighted by Gasteiger charge is 2.34. The van der Waals surface area contributed by atoms with Crippen molar-refractivity contribution in [1.29, 1.82) is 0 Å². The molecule has 1 aromatic carbocycles. The van der Waals surface area contributed by atoms with E-state index in [9.17, 15) is 14.0 Å². The zero-order chi connectivity index (χ0) is 14.7. The number of rotatable bonds is 3. The smallest absolute Gasteiger partial charge is 0.307 e. The van der Waals surface area contributed by atoms with Crippen LogP contribution in [-0.2, 0) is 9.59 Å². The van der Waals surface area contributed by atoms with Crippen LogP contribution < -0.4 is 5.32 Å². The molecule has 0 saturated carbocycles. The summed E-state index contributed by atoms with van der Waals surface area (Å²) in [4.78, 5) is 23.3. The van der Waals surface area contributed by atoms with E-state index >= 15 is 0 Å². The fourth-order valence-electron chi connectivity index (χ4n) is 2.19. The first-order valence-corrected chi connectivity index (χ1v) is 6.92. The van der Waals surface area contributed by atoms with Crippen molar-refractivity contribution in [3.63, 3.8) is 0 Å². The number of benzene rings is 1.